The lowest BCUT2D eigenvalue weighted by Gasteiger charge is -2.21. The minimum atomic E-state index is -0.603. The Labute approximate surface area is 471 Å². The molecule has 0 aliphatic heterocycles. The van der Waals surface area contributed by atoms with Crippen LogP contribution in [0.3, 0.4) is 0 Å². The Morgan fingerprint density at radius 2 is 1.05 bits per heavy atom. The predicted molar refractivity (Wildman–Crippen MR) is 315 cm³/mol. The first-order valence-electron chi connectivity index (χ1n) is 25.9. The number of nitrogen functional groups attached to an aromatic ring is 2. The molecular formula is C63H48N14O6. The van der Waals surface area contributed by atoms with Crippen molar-refractivity contribution in [1.82, 2.24) is 58.9 Å². The first kappa shape index (κ1) is 53.1. The summed E-state index contributed by atoms with van der Waals surface area (Å²) in [6.45, 7) is 3.61. The van der Waals surface area contributed by atoms with Gasteiger partial charge in [-0.05, 0) is 97.4 Å². The third-order valence-corrected chi connectivity index (χ3v) is 13.5. The van der Waals surface area contributed by atoms with E-state index >= 15 is 0 Å². The Hall–Kier alpha value is -11.9. The summed E-state index contributed by atoms with van der Waals surface area (Å²) >= 11 is 0. The lowest BCUT2D eigenvalue weighted by molar-refractivity contribution is 0.0932. The van der Waals surface area contributed by atoms with Crippen LogP contribution in [0.15, 0.2) is 197 Å². The summed E-state index contributed by atoms with van der Waals surface area (Å²) in [7, 11) is 1.55. The number of carbonyl (C=O) groups excluding carboxylic acids is 2. The van der Waals surface area contributed by atoms with Crippen LogP contribution in [0.25, 0.3) is 44.2 Å². The molecule has 12 aromatic rings. The minimum absolute atomic E-state index is 0.0538. The number of H-pyrrole nitrogens is 1. The average Bonchev–Trinajstić information content (AvgIpc) is 4.16. The summed E-state index contributed by atoms with van der Waals surface area (Å²) in [5.41, 5.74) is 17.2. The molecule has 0 aliphatic rings. The number of anilines is 2. The van der Waals surface area contributed by atoms with Crippen molar-refractivity contribution in [3.63, 3.8) is 0 Å². The Bertz CT molecular complexity index is 4800. The summed E-state index contributed by atoms with van der Waals surface area (Å²) in [6, 6.07) is 41.9. The molecular weight excluding hydrogens is 1050 g/mol. The fraction of sp³-hybridized carbons (Fsp3) is 0.0794. The summed E-state index contributed by atoms with van der Waals surface area (Å²) < 4.78 is 11.2. The zero-order valence-electron chi connectivity index (χ0n) is 44.6. The fourth-order valence-corrected chi connectivity index (χ4v) is 9.57. The maximum Gasteiger partial charge on any atom is 0.264 e. The second-order valence-electron chi connectivity index (χ2n) is 18.8. The van der Waals surface area contributed by atoms with Gasteiger partial charge in [0, 0.05) is 94.3 Å². The van der Waals surface area contributed by atoms with Crippen molar-refractivity contribution in [3.8, 4) is 40.9 Å². The number of carbonyl (C=O) groups is 2. The van der Waals surface area contributed by atoms with E-state index in [1.807, 2.05) is 110 Å². The number of methoxy groups -OCH3 is 1. The van der Waals surface area contributed by atoms with Crippen molar-refractivity contribution >= 4 is 56.3 Å². The quantitative estimate of drug-likeness (QED) is 0.0904. The van der Waals surface area contributed by atoms with Crippen LogP contribution < -0.4 is 43.5 Å². The lowest BCUT2D eigenvalue weighted by atomic mass is 10.0. The monoisotopic (exact) mass is 1100 g/mol. The number of hydrogen-bond donors (Lipinski definition) is 5. The lowest BCUT2D eigenvalue weighted by Crippen LogP contribution is -2.32. The largest absolute Gasteiger partial charge is 0.481 e. The molecule has 0 fully saturated rings. The average molecular weight is 1100 g/mol. The molecule has 0 radical (unpaired) electrons. The molecule has 20 heteroatoms. The van der Waals surface area contributed by atoms with E-state index < -0.39 is 23.9 Å². The summed E-state index contributed by atoms with van der Waals surface area (Å²) in [6.07, 6.45) is 9.60. The molecule has 4 aromatic carbocycles. The van der Waals surface area contributed by atoms with Gasteiger partial charge in [-0.1, -0.05) is 84.3 Å². The number of ether oxygens (including phenoxy) is 1. The van der Waals surface area contributed by atoms with E-state index in [2.05, 4.69) is 64.4 Å². The molecule has 0 bridgehead atoms. The standard InChI is InChI=1S/C32H25N7O3.C31H23N7O3/c1-20(36-31(40)28-29(33)37-38-17-7-16-34-30(28)38)25-18-23-9-6-8-22(14-12-21-13-15-26(42-2)35-19-21)27(23)32(41)39(25)24-10-4-3-5-11-24;1-19(35-30(40)27-28(32)36-37-16-6-15-33-29(27)37)24-17-22-8-5-7-21(13-11-20-12-14-25(39)34-18-20)26(22)31(41)38(24)23-9-3-2-4-10-23/h3-11,13,15-20H,1-2H3,(H2,33,37)(H,36,40);2-10,12,14-19H,1H3,(H2,32,36)(H,34,39)(H,35,40)/t20-;19-/m00/s1. The number of nitrogens with zero attached hydrogens (tertiary/aromatic N) is 9. The van der Waals surface area contributed by atoms with Crippen LogP contribution in [0, 0.1) is 23.7 Å². The molecule has 0 unspecified atom stereocenters. The predicted octanol–water partition coefficient (Wildman–Crippen LogP) is 7.10. The topological polar surface area (TPSA) is 270 Å². The Balaban J connectivity index is 0.000000174. The van der Waals surface area contributed by atoms with E-state index in [1.54, 1.807) is 90.6 Å². The van der Waals surface area contributed by atoms with E-state index in [0.717, 1.165) is 0 Å². The van der Waals surface area contributed by atoms with Gasteiger partial charge < -0.3 is 31.8 Å². The maximum absolute atomic E-state index is 14.2. The van der Waals surface area contributed by atoms with Crippen LogP contribution in [0.1, 0.15) is 80.3 Å². The smallest absolute Gasteiger partial charge is 0.264 e. The molecule has 20 nitrogen and oxygen atoms in total. The number of nitrogens with two attached hydrogens (primary N) is 2. The summed E-state index contributed by atoms with van der Waals surface area (Å²) in [5, 5.41) is 16.6. The highest BCUT2D eigenvalue weighted by Crippen LogP contribution is 2.27. The number of amides is 2. The van der Waals surface area contributed by atoms with Gasteiger partial charge in [0.2, 0.25) is 11.4 Å². The Morgan fingerprint density at radius 1 is 0.566 bits per heavy atom. The highest BCUT2D eigenvalue weighted by Gasteiger charge is 2.26. The van der Waals surface area contributed by atoms with Gasteiger partial charge in [-0.25, -0.2) is 24.0 Å². The van der Waals surface area contributed by atoms with Crippen LogP contribution in [0.4, 0.5) is 11.6 Å². The van der Waals surface area contributed by atoms with Crippen molar-refractivity contribution in [2.75, 3.05) is 18.6 Å². The normalized spacial score (nSPS) is 11.6. The Kier molecular flexibility index (Phi) is 14.6. The second kappa shape index (κ2) is 22.8. The first-order valence-corrected chi connectivity index (χ1v) is 25.9. The van der Waals surface area contributed by atoms with Crippen molar-refractivity contribution in [3.05, 3.63) is 259 Å². The van der Waals surface area contributed by atoms with Crippen molar-refractivity contribution in [2.45, 2.75) is 25.9 Å². The molecule has 8 aromatic heterocycles. The zero-order chi connectivity index (χ0) is 57.7. The van der Waals surface area contributed by atoms with E-state index in [4.69, 9.17) is 16.2 Å². The second-order valence-corrected chi connectivity index (χ2v) is 18.8. The van der Waals surface area contributed by atoms with Crippen LogP contribution in [0.5, 0.6) is 5.88 Å². The minimum Gasteiger partial charge on any atom is -0.481 e. The van der Waals surface area contributed by atoms with Crippen LogP contribution in [-0.2, 0) is 0 Å². The molecule has 2 atom stereocenters. The molecule has 0 spiro atoms. The number of benzene rings is 4. The number of nitrogens with one attached hydrogen (secondary N) is 3. The fourth-order valence-electron chi connectivity index (χ4n) is 9.57. The molecule has 406 valence electrons. The van der Waals surface area contributed by atoms with Gasteiger partial charge in [0.05, 0.1) is 30.0 Å². The van der Waals surface area contributed by atoms with Gasteiger partial charge in [0.1, 0.15) is 11.1 Å². The van der Waals surface area contributed by atoms with Gasteiger partial charge in [0.25, 0.3) is 22.9 Å². The molecule has 12 rings (SSSR count). The number of rotatable bonds is 9. The summed E-state index contributed by atoms with van der Waals surface area (Å²) in [5.74, 6) is 12.0. The molecule has 0 saturated heterocycles. The number of hydrogen-bond acceptors (Lipinski definition) is 13. The van der Waals surface area contributed by atoms with Gasteiger partial charge in [-0.2, -0.15) is 0 Å². The molecule has 8 heterocycles. The van der Waals surface area contributed by atoms with E-state index in [0.29, 0.717) is 83.7 Å². The molecule has 0 aliphatic carbocycles. The first-order chi connectivity index (χ1) is 40.3. The van der Waals surface area contributed by atoms with E-state index in [9.17, 15) is 24.0 Å². The number of aromatic amines is 1. The summed E-state index contributed by atoms with van der Waals surface area (Å²) in [4.78, 5) is 81.9. The van der Waals surface area contributed by atoms with E-state index in [1.165, 1.54) is 21.3 Å². The maximum atomic E-state index is 14.2. The van der Waals surface area contributed by atoms with Crippen molar-refractivity contribution in [1.29, 1.82) is 0 Å². The molecule has 83 heavy (non-hydrogen) atoms. The van der Waals surface area contributed by atoms with Gasteiger partial charge in [-0.15, -0.1) is 10.2 Å². The van der Waals surface area contributed by atoms with E-state index in [-0.39, 0.29) is 39.4 Å². The van der Waals surface area contributed by atoms with Crippen LogP contribution >= 0.6 is 0 Å². The highest BCUT2D eigenvalue weighted by atomic mass is 16.5. The molecule has 0 saturated carbocycles. The van der Waals surface area contributed by atoms with Gasteiger partial charge >= 0.3 is 0 Å². The molecule has 7 N–H and O–H groups in total. The number of pyridine rings is 4. The zero-order valence-corrected chi connectivity index (χ0v) is 44.6. The Morgan fingerprint density at radius 3 is 1.49 bits per heavy atom. The van der Waals surface area contributed by atoms with Gasteiger partial charge in [-0.3, -0.25) is 33.1 Å². The number of para-hydroxylation sites is 2. The third kappa shape index (κ3) is 10.7. The van der Waals surface area contributed by atoms with Crippen molar-refractivity contribution < 1.29 is 14.3 Å². The third-order valence-electron chi connectivity index (χ3n) is 13.5. The molecule has 2 amide bonds. The van der Waals surface area contributed by atoms with Crippen molar-refractivity contribution in [2.24, 2.45) is 0 Å². The van der Waals surface area contributed by atoms with Gasteiger partial charge in [0.15, 0.2) is 22.9 Å². The highest BCUT2D eigenvalue weighted by molar-refractivity contribution is 6.05. The van der Waals surface area contributed by atoms with Crippen LogP contribution in [0.2, 0.25) is 0 Å². The number of aromatic nitrogens is 10. The number of fused-ring (bicyclic) bond motifs is 4. The SMILES string of the molecule is COc1ccc(C#Cc2cccc3cc([C@H](C)NC(=O)c4c(N)nn5cccnc45)n(-c4ccccc4)c(=O)c23)cn1.C[C@H](NC(=O)c1c(N)nn2cccnc12)c1cc2cccc(C#Cc3ccc(=O)[nH]c3)c2c(=O)n1-c1ccccc1. The van der Waals surface area contributed by atoms with Crippen LogP contribution in [-0.4, -0.2) is 67.2 Å².